The van der Waals surface area contributed by atoms with Gasteiger partial charge in [0.05, 0.1) is 11.3 Å². The number of Topliss-reactive ketones (excluding diaryl/α,β-unsaturated/α-hetero) is 1. The minimum Gasteiger partial charge on any atom is -0.391 e. The second-order valence-corrected chi connectivity index (χ2v) is 7.64. The number of ketones is 1. The fraction of sp³-hybridized carbons (Fsp3) is 0.435. The Hall–Kier alpha value is -2.77. The van der Waals surface area contributed by atoms with Crippen molar-refractivity contribution in [2.24, 2.45) is 0 Å². The Labute approximate surface area is 179 Å². The van der Waals surface area contributed by atoms with E-state index >= 15 is 0 Å². The molecule has 0 bridgehead atoms. The molecule has 0 spiro atoms. The molecule has 7 heteroatoms. The van der Waals surface area contributed by atoms with Crippen molar-refractivity contribution in [2.75, 3.05) is 58.7 Å². The summed E-state index contributed by atoms with van der Waals surface area (Å²) in [6.45, 7) is 8.27. The summed E-state index contributed by atoms with van der Waals surface area (Å²) >= 11 is 0. The van der Waals surface area contributed by atoms with Crippen LogP contribution in [0.1, 0.15) is 29.4 Å². The molecule has 0 radical (unpaired) electrons. The maximum atomic E-state index is 13.1. The molecule has 2 heterocycles. The van der Waals surface area contributed by atoms with Gasteiger partial charge in [-0.2, -0.15) is 0 Å². The zero-order valence-corrected chi connectivity index (χ0v) is 18.2. The number of hydrogen-bond acceptors (Lipinski definition) is 7. The summed E-state index contributed by atoms with van der Waals surface area (Å²) in [5.41, 5.74) is 2.60. The van der Waals surface area contributed by atoms with Crippen molar-refractivity contribution < 1.29 is 4.79 Å². The first-order valence-electron chi connectivity index (χ1n) is 10.5. The Morgan fingerprint density at radius 1 is 1.10 bits per heavy atom. The van der Waals surface area contributed by atoms with Crippen molar-refractivity contribution in [2.45, 2.75) is 13.3 Å². The van der Waals surface area contributed by atoms with Crippen molar-refractivity contribution in [1.29, 1.82) is 0 Å². The first kappa shape index (κ1) is 21.9. The zero-order chi connectivity index (χ0) is 21.3. The van der Waals surface area contributed by atoms with E-state index in [-0.39, 0.29) is 5.78 Å². The van der Waals surface area contributed by atoms with Gasteiger partial charge in [-0.15, -0.1) is 0 Å². The van der Waals surface area contributed by atoms with Crippen molar-refractivity contribution in [3.8, 4) is 0 Å². The topological polar surface area (TPSA) is 73.4 Å². The lowest BCUT2D eigenvalue weighted by molar-refractivity contribution is 0.105. The molecule has 1 fully saturated rings. The molecule has 0 saturated carbocycles. The smallest absolute Gasteiger partial charge is 0.223 e. The SMILES string of the molecule is CNC(C)=C(C(=O)c1ccccc1)c1ccnc(NCCCN2CCN(C)CC2)n1. The lowest BCUT2D eigenvalue weighted by atomic mass is 9.99. The van der Waals surface area contributed by atoms with Crippen molar-refractivity contribution in [3.05, 3.63) is 59.5 Å². The normalized spacial score (nSPS) is 16.1. The van der Waals surface area contributed by atoms with Gasteiger partial charge >= 0.3 is 0 Å². The number of anilines is 1. The predicted octanol–water partition coefficient (Wildman–Crippen LogP) is 2.36. The fourth-order valence-electron chi connectivity index (χ4n) is 3.50. The van der Waals surface area contributed by atoms with E-state index in [4.69, 9.17) is 0 Å². The Morgan fingerprint density at radius 2 is 1.83 bits per heavy atom. The van der Waals surface area contributed by atoms with E-state index in [1.807, 2.05) is 44.3 Å². The van der Waals surface area contributed by atoms with Crippen molar-refractivity contribution in [3.63, 3.8) is 0 Å². The summed E-state index contributed by atoms with van der Waals surface area (Å²) in [6, 6.07) is 11.1. The molecular weight excluding hydrogens is 376 g/mol. The molecule has 1 aliphatic heterocycles. The number of piperazine rings is 1. The molecule has 1 aromatic heterocycles. The molecule has 160 valence electrons. The van der Waals surface area contributed by atoms with Gasteiger partial charge in [0.15, 0.2) is 5.78 Å². The number of carbonyl (C=O) groups is 1. The van der Waals surface area contributed by atoms with Crippen LogP contribution in [0.4, 0.5) is 5.95 Å². The molecule has 7 nitrogen and oxygen atoms in total. The Morgan fingerprint density at radius 3 is 2.53 bits per heavy atom. The summed E-state index contributed by atoms with van der Waals surface area (Å²) in [5.74, 6) is 0.496. The van der Waals surface area contributed by atoms with Crippen LogP contribution >= 0.6 is 0 Å². The third-order valence-electron chi connectivity index (χ3n) is 5.45. The molecule has 30 heavy (non-hydrogen) atoms. The second kappa shape index (κ2) is 10.8. The number of benzene rings is 1. The van der Waals surface area contributed by atoms with Crippen molar-refractivity contribution in [1.82, 2.24) is 25.1 Å². The molecule has 1 saturated heterocycles. The standard InChI is InChI=1S/C23H32N6O/c1-18(24-2)21(22(30)19-8-5-4-6-9-19)20-10-12-26-23(27-20)25-11-7-13-29-16-14-28(3)15-17-29/h4-6,8-10,12,24H,7,11,13-17H2,1-3H3,(H,25,26,27). The number of carbonyl (C=O) groups excluding carboxylic acids is 1. The molecule has 0 atom stereocenters. The Bertz CT molecular complexity index is 859. The molecule has 2 aromatic rings. The third kappa shape index (κ3) is 5.87. The van der Waals surface area contributed by atoms with Crippen LogP contribution in [-0.2, 0) is 0 Å². The van der Waals surface area contributed by atoms with Crippen molar-refractivity contribution >= 4 is 17.3 Å². The maximum absolute atomic E-state index is 13.1. The number of aromatic nitrogens is 2. The van der Waals surface area contributed by atoms with E-state index in [1.54, 1.807) is 12.3 Å². The highest BCUT2D eigenvalue weighted by Crippen LogP contribution is 2.21. The molecule has 3 rings (SSSR count). The number of likely N-dealkylation sites (N-methyl/N-ethyl adjacent to an activating group) is 1. The average molecular weight is 409 g/mol. The first-order chi connectivity index (χ1) is 14.6. The van der Waals surface area contributed by atoms with Crippen LogP contribution in [0.25, 0.3) is 5.57 Å². The number of hydrogen-bond donors (Lipinski definition) is 2. The first-order valence-corrected chi connectivity index (χ1v) is 10.5. The number of nitrogens with one attached hydrogen (secondary N) is 2. The van der Waals surface area contributed by atoms with Crippen LogP contribution < -0.4 is 10.6 Å². The highest BCUT2D eigenvalue weighted by atomic mass is 16.1. The fourth-order valence-corrected chi connectivity index (χ4v) is 3.50. The van der Waals surface area contributed by atoms with Gasteiger partial charge in [0.1, 0.15) is 0 Å². The quantitative estimate of drug-likeness (QED) is 0.375. The third-order valence-corrected chi connectivity index (χ3v) is 5.45. The van der Waals surface area contributed by atoms with Crippen LogP contribution in [0.5, 0.6) is 0 Å². The van der Waals surface area contributed by atoms with Gasteiger partial charge < -0.3 is 20.4 Å². The molecule has 1 aliphatic rings. The van der Waals surface area contributed by atoms with E-state index < -0.39 is 0 Å². The van der Waals surface area contributed by atoms with E-state index in [2.05, 4.69) is 37.4 Å². The molecular formula is C23H32N6O. The van der Waals surface area contributed by atoms with E-state index in [0.717, 1.165) is 51.4 Å². The Kier molecular flexibility index (Phi) is 7.93. The predicted molar refractivity (Wildman–Crippen MR) is 122 cm³/mol. The number of nitrogens with zero attached hydrogens (tertiary/aromatic N) is 4. The van der Waals surface area contributed by atoms with Gasteiger partial charge in [-0.25, -0.2) is 9.97 Å². The minimum atomic E-state index is -0.0535. The summed E-state index contributed by atoms with van der Waals surface area (Å²) in [7, 11) is 3.98. The van der Waals surface area contributed by atoms with Gasteiger partial charge in [0, 0.05) is 57.2 Å². The molecule has 0 aliphatic carbocycles. The largest absolute Gasteiger partial charge is 0.391 e. The van der Waals surface area contributed by atoms with Crippen LogP contribution in [-0.4, -0.2) is 78.9 Å². The van der Waals surface area contributed by atoms with E-state index in [9.17, 15) is 4.79 Å². The molecule has 0 unspecified atom stereocenters. The average Bonchev–Trinajstić information content (AvgIpc) is 2.79. The van der Waals surface area contributed by atoms with Crippen LogP contribution in [0.15, 0.2) is 48.3 Å². The maximum Gasteiger partial charge on any atom is 0.223 e. The summed E-state index contributed by atoms with van der Waals surface area (Å²) in [6.07, 6.45) is 2.73. The monoisotopic (exact) mass is 408 g/mol. The lowest BCUT2D eigenvalue weighted by Gasteiger charge is -2.32. The summed E-state index contributed by atoms with van der Waals surface area (Å²) < 4.78 is 0. The van der Waals surface area contributed by atoms with E-state index in [1.165, 1.54) is 0 Å². The van der Waals surface area contributed by atoms with E-state index in [0.29, 0.717) is 22.8 Å². The van der Waals surface area contributed by atoms with Gasteiger partial charge in [-0.3, -0.25) is 4.79 Å². The minimum absolute atomic E-state index is 0.0535. The van der Waals surface area contributed by atoms with Gasteiger partial charge in [0.25, 0.3) is 0 Å². The van der Waals surface area contributed by atoms with Gasteiger partial charge in [-0.1, -0.05) is 30.3 Å². The lowest BCUT2D eigenvalue weighted by Crippen LogP contribution is -2.44. The number of allylic oxidation sites excluding steroid dienone is 2. The van der Waals surface area contributed by atoms with Crippen LogP contribution in [0, 0.1) is 0 Å². The van der Waals surface area contributed by atoms with Crippen LogP contribution in [0.2, 0.25) is 0 Å². The van der Waals surface area contributed by atoms with Gasteiger partial charge in [0.2, 0.25) is 5.95 Å². The zero-order valence-electron chi connectivity index (χ0n) is 18.2. The second-order valence-electron chi connectivity index (χ2n) is 7.64. The highest BCUT2D eigenvalue weighted by Gasteiger charge is 2.19. The highest BCUT2D eigenvalue weighted by molar-refractivity contribution is 6.29. The molecule has 1 aromatic carbocycles. The molecule has 2 N–H and O–H groups in total. The van der Waals surface area contributed by atoms with Crippen LogP contribution in [0.3, 0.4) is 0 Å². The molecule has 0 amide bonds. The van der Waals surface area contributed by atoms with Gasteiger partial charge in [-0.05, 0) is 33.0 Å². The summed E-state index contributed by atoms with van der Waals surface area (Å²) in [4.78, 5) is 26.9. The Balaban J connectivity index is 1.64. The summed E-state index contributed by atoms with van der Waals surface area (Å²) in [5, 5.41) is 6.40. The number of rotatable bonds is 9.